The van der Waals surface area contributed by atoms with Crippen LogP contribution in [0, 0.1) is 0 Å². The van der Waals surface area contributed by atoms with Gasteiger partial charge in [-0.25, -0.2) is 8.37 Å². The van der Waals surface area contributed by atoms with Gasteiger partial charge in [-0.05, 0) is 39.6 Å². The molecule has 0 spiro atoms. The van der Waals surface area contributed by atoms with Crippen LogP contribution in [0.4, 0.5) is 0 Å². The zero-order valence-corrected chi connectivity index (χ0v) is 20.6. The predicted molar refractivity (Wildman–Crippen MR) is 131 cm³/mol. The molecule has 0 fully saturated rings. The minimum atomic E-state index is -5.12. The average Bonchev–Trinajstić information content (AvgIpc) is 2.82. The quantitative estimate of drug-likeness (QED) is 0.391. The molecular weight excluding hydrogens is 512 g/mol. The van der Waals surface area contributed by atoms with E-state index in [-0.39, 0.29) is 12.2 Å². The van der Waals surface area contributed by atoms with Crippen LogP contribution in [-0.2, 0) is 45.2 Å². The molecule has 0 saturated carbocycles. The van der Waals surface area contributed by atoms with Gasteiger partial charge in [0, 0.05) is 7.11 Å². The van der Waals surface area contributed by atoms with E-state index in [0.29, 0.717) is 5.56 Å². The Morgan fingerprint density at radius 1 is 0.778 bits per heavy atom. The molecule has 3 aromatic rings. The van der Waals surface area contributed by atoms with Crippen molar-refractivity contribution in [2.75, 3.05) is 7.11 Å². The van der Waals surface area contributed by atoms with E-state index in [9.17, 15) is 25.9 Å². The summed E-state index contributed by atoms with van der Waals surface area (Å²) in [6.45, 7) is -0.0194. The third kappa shape index (κ3) is 6.55. The van der Waals surface area contributed by atoms with Crippen LogP contribution >= 0.6 is 0 Å². The van der Waals surface area contributed by atoms with Crippen molar-refractivity contribution in [2.45, 2.75) is 31.0 Å². The largest absolute Gasteiger partial charge is 0.398 e. The summed E-state index contributed by atoms with van der Waals surface area (Å²) >= 11 is 0. The third-order valence-corrected chi connectivity index (χ3v) is 6.61. The highest BCUT2D eigenvalue weighted by Gasteiger charge is 2.47. The first-order valence-electron chi connectivity index (χ1n) is 10.7. The molecule has 1 aliphatic rings. The first-order chi connectivity index (χ1) is 17.0. The van der Waals surface area contributed by atoms with Crippen molar-refractivity contribution in [1.29, 1.82) is 0 Å². The molecule has 0 aliphatic heterocycles. The first-order valence-corrected chi connectivity index (χ1v) is 13.5. The molecule has 36 heavy (non-hydrogen) atoms. The van der Waals surface area contributed by atoms with Crippen LogP contribution in [0.25, 0.3) is 16.3 Å². The van der Waals surface area contributed by atoms with Crippen LogP contribution in [0.3, 0.4) is 0 Å². The van der Waals surface area contributed by atoms with E-state index >= 15 is 0 Å². The molecule has 0 unspecified atom stereocenters. The van der Waals surface area contributed by atoms with Crippen LogP contribution in [0.5, 0.6) is 0 Å². The number of hydrogen-bond donors (Lipinski definition) is 2. The number of hydrogen-bond acceptors (Lipinski definition) is 8. The monoisotopic (exact) mass is 536 g/mol. The average molecular weight is 537 g/mol. The van der Waals surface area contributed by atoms with E-state index in [0.717, 1.165) is 16.3 Å². The molecule has 1 aliphatic carbocycles. The zero-order valence-electron chi connectivity index (χ0n) is 19.0. The van der Waals surface area contributed by atoms with Gasteiger partial charge in [-0.15, -0.1) is 0 Å². The molecule has 10 nitrogen and oxygen atoms in total. The molecule has 0 heterocycles. The van der Waals surface area contributed by atoms with E-state index in [1.807, 2.05) is 24.3 Å². The molecule has 4 atom stereocenters. The van der Waals surface area contributed by atoms with E-state index in [4.69, 9.17) is 17.8 Å². The topological polar surface area (TPSA) is 146 Å². The van der Waals surface area contributed by atoms with Crippen LogP contribution in [0.1, 0.15) is 11.1 Å². The van der Waals surface area contributed by atoms with Crippen molar-refractivity contribution in [2.24, 2.45) is 0 Å². The van der Waals surface area contributed by atoms with Gasteiger partial charge in [-0.3, -0.25) is 9.11 Å². The lowest BCUT2D eigenvalue weighted by atomic mass is 9.85. The Bertz CT molecular complexity index is 1450. The van der Waals surface area contributed by atoms with Gasteiger partial charge in [0.15, 0.2) is 0 Å². The molecule has 3 aromatic carbocycles. The van der Waals surface area contributed by atoms with Gasteiger partial charge in [-0.1, -0.05) is 66.7 Å². The van der Waals surface area contributed by atoms with Gasteiger partial charge in [0.1, 0.15) is 24.4 Å². The minimum Gasteiger partial charge on any atom is -0.375 e. The van der Waals surface area contributed by atoms with Crippen molar-refractivity contribution in [3.05, 3.63) is 90.0 Å². The number of benzene rings is 3. The Labute approximate surface area is 209 Å². The smallest absolute Gasteiger partial charge is 0.375 e. The van der Waals surface area contributed by atoms with Crippen molar-refractivity contribution in [3.8, 4) is 0 Å². The highest BCUT2D eigenvalue weighted by molar-refractivity contribution is 7.81. The Hall–Kier alpha value is -2.68. The summed E-state index contributed by atoms with van der Waals surface area (Å²) in [5.41, 5.74) is 1.34. The number of fused-ring (bicyclic) bond motifs is 1. The lowest BCUT2D eigenvalue weighted by Gasteiger charge is -2.39. The lowest BCUT2D eigenvalue weighted by molar-refractivity contribution is -0.119. The minimum absolute atomic E-state index is 0.0194. The molecule has 0 saturated heterocycles. The van der Waals surface area contributed by atoms with Crippen molar-refractivity contribution in [3.63, 3.8) is 0 Å². The maximum absolute atomic E-state index is 11.8. The molecular formula is C24H24O10S2. The second-order valence-corrected chi connectivity index (χ2v) is 10.2. The fourth-order valence-corrected chi connectivity index (χ4v) is 5.14. The summed E-state index contributed by atoms with van der Waals surface area (Å²) < 4.78 is 87.5. The SMILES string of the molecule is CO[C@H]1C=C(c2ccc3ccccc3c2)[C@@H](OS(=O)(=O)O)[C@@H](OS(=O)(=O)O)[C@@H]1OCc1ccccc1. The van der Waals surface area contributed by atoms with E-state index in [1.165, 1.54) is 13.2 Å². The van der Waals surface area contributed by atoms with E-state index in [1.54, 1.807) is 48.5 Å². The van der Waals surface area contributed by atoms with Crippen LogP contribution in [-0.4, -0.2) is 57.5 Å². The van der Waals surface area contributed by atoms with Crippen molar-refractivity contribution < 1.29 is 43.8 Å². The molecule has 192 valence electrons. The molecule has 0 aromatic heterocycles. The number of methoxy groups -OCH3 is 1. The lowest BCUT2D eigenvalue weighted by Crippen LogP contribution is -2.53. The highest BCUT2D eigenvalue weighted by atomic mass is 32.3. The van der Waals surface area contributed by atoms with Crippen LogP contribution in [0.2, 0.25) is 0 Å². The Morgan fingerprint density at radius 3 is 2.06 bits per heavy atom. The standard InChI is InChI=1S/C24H24O10S2/c1-31-21-14-20(19-12-11-17-9-5-6-10-18(17)13-19)22(33-35(25,26)27)24(34-36(28,29)30)23(21)32-15-16-7-3-2-4-8-16/h2-14,21-24H,15H2,1H3,(H,25,26,27)(H,28,29,30)/t21-,22+,23+,24+/m0/s1. The molecule has 0 radical (unpaired) electrons. The Kier molecular flexibility index (Phi) is 7.87. The zero-order chi connectivity index (χ0) is 25.9. The molecule has 12 heteroatoms. The second kappa shape index (κ2) is 10.7. The third-order valence-electron chi connectivity index (χ3n) is 5.69. The highest BCUT2D eigenvalue weighted by Crippen LogP contribution is 2.37. The molecule has 4 rings (SSSR count). The van der Waals surface area contributed by atoms with Gasteiger partial charge in [-0.2, -0.15) is 16.8 Å². The summed E-state index contributed by atoms with van der Waals surface area (Å²) in [5.74, 6) is 0. The second-order valence-electron chi connectivity index (χ2n) is 8.08. The normalized spacial score (nSPS) is 22.9. The maximum atomic E-state index is 11.8. The van der Waals surface area contributed by atoms with E-state index in [2.05, 4.69) is 0 Å². The van der Waals surface area contributed by atoms with Gasteiger partial charge < -0.3 is 9.47 Å². The van der Waals surface area contributed by atoms with Gasteiger partial charge in [0.25, 0.3) is 0 Å². The van der Waals surface area contributed by atoms with E-state index < -0.39 is 45.2 Å². The number of ether oxygens (including phenoxy) is 2. The van der Waals surface area contributed by atoms with Crippen molar-refractivity contribution >= 4 is 37.1 Å². The van der Waals surface area contributed by atoms with Crippen molar-refractivity contribution in [1.82, 2.24) is 0 Å². The summed E-state index contributed by atoms with van der Waals surface area (Å²) in [6, 6.07) is 21.5. The predicted octanol–water partition coefficient (Wildman–Crippen LogP) is 3.21. The number of rotatable bonds is 9. The first kappa shape index (κ1) is 26.4. The fraction of sp³-hybridized carbons (Fsp3) is 0.250. The maximum Gasteiger partial charge on any atom is 0.398 e. The van der Waals surface area contributed by atoms with Crippen LogP contribution < -0.4 is 0 Å². The van der Waals surface area contributed by atoms with Gasteiger partial charge >= 0.3 is 20.8 Å². The summed E-state index contributed by atoms with van der Waals surface area (Å²) in [5, 5.41) is 1.72. The Morgan fingerprint density at radius 2 is 1.42 bits per heavy atom. The van der Waals surface area contributed by atoms with Gasteiger partial charge in [0.05, 0.1) is 6.61 Å². The molecule has 0 bridgehead atoms. The molecule has 0 amide bonds. The fourth-order valence-electron chi connectivity index (χ4n) is 4.17. The summed E-state index contributed by atoms with van der Waals surface area (Å²) in [4.78, 5) is 0. The Balaban J connectivity index is 1.82. The van der Waals surface area contributed by atoms with Crippen LogP contribution in [0.15, 0.2) is 78.9 Å². The molecule has 2 N–H and O–H groups in total. The van der Waals surface area contributed by atoms with Gasteiger partial charge in [0.2, 0.25) is 0 Å². The summed E-state index contributed by atoms with van der Waals surface area (Å²) in [6.07, 6.45) is -4.15. The summed E-state index contributed by atoms with van der Waals surface area (Å²) in [7, 11) is -8.87.